The van der Waals surface area contributed by atoms with E-state index in [0.29, 0.717) is 13.1 Å². The number of H-pyrrole nitrogens is 1. The van der Waals surface area contributed by atoms with Crippen LogP contribution in [0.3, 0.4) is 0 Å². The van der Waals surface area contributed by atoms with Crippen molar-refractivity contribution in [3.8, 4) is 0 Å². The predicted octanol–water partition coefficient (Wildman–Crippen LogP) is 0.831. The summed E-state index contributed by atoms with van der Waals surface area (Å²) in [5.74, 6) is 0. The Morgan fingerprint density at radius 3 is 2.87 bits per heavy atom. The summed E-state index contributed by atoms with van der Waals surface area (Å²) in [5.41, 5.74) is 0.377. The smallest absolute Gasteiger partial charge is 0.304 e. The summed E-state index contributed by atoms with van der Waals surface area (Å²) < 4.78 is 0. The van der Waals surface area contributed by atoms with E-state index in [4.69, 9.17) is 0 Å². The lowest BCUT2D eigenvalue weighted by Crippen LogP contribution is -2.37. The van der Waals surface area contributed by atoms with Crippen LogP contribution < -0.4 is 10.2 Å². The van der Waals surface area contributed by atoms with E-state index in [1.54, 1.807) is 0 Å². The molecule has 84 valence electrons. The van der Waals surface area contributed by atoms with Gasteiger partial charge in [0.1, 0.15) is 0 Å². The predicted molar refractivity (Wildman–Crippen MR) is 60.1 cm³/mol. The second kappa shape index (κ2) is 4.47. The summed E-state index contributed by atoms with van der Waals surface area (Å²) in [6, 6.07) is 0. The standard InChI is InChI=1S/C10H16N2O2S/c13-9-12-8(6-15-9)5-11-7-10(14)3-1-2-4-10/h6,11,14H,1-5,7H2,(H,12,13). The highest BCUT2D eigenvalue weighted by Gasteiger charge is 2.30. The van der Waals surface area contributed by atoms with Gasteiger partial charge in [0.25, 0.3) is 0 Å². The van der Waals surface area contributed by atoms with Crippen LogP contribution in [-0.4, -0.2) is 22.2 Å². The lowest BCUT2D eigenvalue weighted by molar-refractivity contribution is 0.0474. The van der Waals surface area contributed by atoms with E-state index in [9.17, 15) is 9.90 Å². The van der Waals surface area contributed by atoms with Crippen LogP contribution in [0.2, 0.25) is 0 Å². The molecule has 0 spiro atoms. The van der Waals surface area contributed by atoms with Crippen LogP contribution in [0.5, 0.6) is 0 Å². The molecule has 3 N–H and O–H groups in total. The van der Waals surface area contributed by atoms with E-state index >= 15 is 0 Å². The van der Waals surface area contributed by atoms with Gasteiger partial charge < -0.3 is 15.4 Å². The van der Waals surface area contributed by atoms with Crippen LogP contribution >= 0.6 is 11.3 Å². The maximum absolute atomic E-state index is 10.9. The minimum atomic E-state index is -0.518. The van der Waals surface area contributed by atoms with Gasteiger partial charge in [-0.1, -0.05) is 24.2 Å². The summed E-state index contributed by atoms with van der Waals surface area (Å²) in [4.78, 5) is 13.6. The Balaban J connectivity index is 1.77. The second-order valence-corrected chi connectivity index (χ2v) is 5.05. The first kappa shape index (κ1) is 10.9. The molecule has 0 radical (unpaired) electrons. The van der Waals surface area contributed by atoms with Crippen LogP contribution in [-0.2, 0) is 6.54 Å². The maximum Gasteiger partial charge on any atom is 0.304 e. The topological polar surface area (TPSA) is 65.1 Å². The Morgan fingerprint density at radius 2 is 2.27 bits per heavy atom. The monoisotopic (exact) mass is 228 g/mol. The molecule has 2 rings (SSSR count). The third-order valence-electron chi connectivity index (χ3n) is 2.87. The number of hydrogen-bond donors (Lipinski definition) is 3. The fourth-order valence-electron chi connectivity index (χ4n) is 2.04. The molecule has 1 aromatic heterocycles. The van der Waals surface area contributed by atoms with Crippen LogP contribution in [0.15, 0.2) is 10.2 Å². The number of aromatic amines is 1. The third-order valence-corrected chi connectivity index (χ3v) is 3.59. The Kier molecular flexibility index (Phi) is 3.23. The molecule has 1 heterocycles. The zero-order valence-electron chi connectivity index (χ0n) is 8.58. The maximum atomic E-state index is 10.9. The second-order valence-electron chi connectivity index (χ2n) is 4.21. The molecule has 1 saturated carbocycles. The zero-order chi connectivity index (χ0) is 10.7. The van der Waals surface area contributed by atoms with Crippen molar-refractivity contribution in [2.75, 3.05) is 6.54 Å². The van der Waals surface area contributed by atoms with Gasteiger partial charge in [-0.05, 0) is 12.8 Å². The third kappa shape index (κ3) is 2.90. The largest absolute Gasteiger partial charge is 0.389 e. The molecule has 1 aliphatic carbocycles. The molecule has 0 amide bonds. The van der Waals surface area contributed by atoms with Crippen molar-refractivity contribution in [3.05, 3.63) is 20.7 Å². The normalized spacial score (nSPS) is 19.5. The minimum absolute atomic E-state index is 0.0219. The molecule has 1 aliphatic rings. The molecule has 0 aromatic carbocycles. The van der Waals surface area contributed by atoms with E-state index in [2.05, 4.69) is 10.3 Å². The number of hydrogen-bond acceptors (Lipinski definition) is 4. The van der Waals surface area contributed by atoms with Crippen LogP contribution in [0.25, 0.3) is 0 Å². The first-order chi connectivity index (χ1) is 7.18. The Morgan fingerprint density at radius 1 is 1.53 bits per heavy atom. The Bertz CT molecular complexity index is 365. The van der Waals surface area contributed by atoms with Gasteiger partial charge in [-0.25, -0.2) is 0 Å². The van der Waals surface area contributed by atoms with Crippen molar-refractivity contribution >= 4 is 11.3 Å². The summed E-state index contributed by atoms with van der Waals surface area (Å²) >= 11 is 1.17. The molecule has 0 bridgehead atoms. The highest BCUT2D eigenvalue weighted by Crippen LogP contribution is 2.28. The molecule has 4 nitrogen and oxygen atoms in total. The van der Waals surface area contributed by atoms with E-state index in [1.807, 2.05) is 5.38 Å². The number of rotatable bonds is 4. The molecule has 0 saturated heterocycles. The first-order valence-electron chi connectivity index (χ1n) is 5.28. The van der Waals surface area contributed by atoms with E-state index in [-0.39, 0.29) is 4.87 Å². The molecule has 0 unspecified atom stereocenters. The zero-order valence-corrected chi connectivity index (χ0v) is 9.40. The Hall–Kier alpha value is -0.650. The van der Waals surface area contributed by atoms with Crippen molar-refractivity contribution < 1.29 is 5.11 Å². The first-order valence-corrected chi connectivity index (χ1v) is 6.16. The summed E-state index contributed by atoms with van der Waals surface area (Å²) in [6.07, 6.45) is 4.02. The van der Waals surface area contributed by atoms with Gasteiger partial charge in [0.05, 0.1) is 5.60 Å². The quantitative estimate of drug-likeness (QED) is 0.715. The van der Waals surface area contributed by atoms with E-state index in [0.717, 1.165) is 31.4 Å². The molecule has 1 aromatic rings. The molecule has 0 atom stereocenters. The fraction of sp³-hybridized carbons (Fsp3) is 0.700. The lowest BCUT2D eigenvalue weighted by Gasteiger charge is -2.22. The lowest BCUT2D eigenvalue weighted by atomic mass is 10.0. The van der Waals surface area contributed by atoms with Gasteiger partial charge in [0.2, 0.25) is 0 Å². The van der Waals surface area contributed by atoms with Gasteiger partial charge in [-0.3, -0.25) is 4.79 Å². The van der Waals surface area contributed by atoms with Gasteiger partial charge in [0, 0.05) is 24.2 Å². The van der Waals surface area contributed by atoms with Crippen molar-refractivity contribution in [2.24, 2.45) is 0 Å². The van der Waals surface area contributed by atoms with Crippen molar-refractivity contribution in [2.45, 2.75) is 37.8 Å². The fourth-order valence-corrected chi connectivity index (χ4v) is 2.62. The van der Waals surface area contributed by atoms with Gasteiger partial charge in [0.15, 0.2) is 0 Å². The average molecular weight is 228 g/mol. The van der Waals surface area contributed by atoms with Crippen LogP contribution in [0, 0.1) is 0 Å². The van der Waals surface area contributed by atoms with Crippen molar-refractivity contribution in [1.82, 2.24) is 10.3 Å². The van der Waals surface area contributed by atoms with Gasteiger partial charge >= 0.3 is 4.87 Å². The molecule has 0 aliphatic heterocycles. The Labute approximate surface area is 92.3 Å². The van der Waals surface area contributed by atoms with E-state index in [1.165, 1.54) is 11.3 Å². The highest BCUT2D eigenvalue weighted by atomic mass is 32.1. The van der Waals surface area contributed by atoms with Crippen molar-refractivity contribution in [3.63, 3.8) is 0 Å². The van der Waals surface area contributed by atoms with Crippen LogP contribution in [0.1, 0.15) is 31.4 Å². The molecule has 15 heavy (non-hydrogen) atoms. The highest BCUT2D eigenvalue weighted by molar-refractivity contribution is 7.07. The molecule has 5 heteroatoms. The number of aliphatic hydroxyl groups is 1. The molecular formula is C10H16N2O2S. The molecular weight excluding hydrogens is 212 g/mol. The number of nitrogens with one attached hydrogen (secondary N) is 2. The summed E-state index contributed by atoms with van der Waals surface area (Å²) in [5, 5.41) is 15.0. The average Bonchev–Trinajstić information content (AvgIpc) is 2.76. The van der Waals surface area contributed by atoms with Crippen molar-refractivity contribution in [1.29, 1.82) is 0 Å². The van der Waals surface area contributed by atoms with Crippen LogP contribution in [0.4, 0.5) is 0 Å². The molecule has 1 fully saturated rings. The van der Waals surface area contributed by atoms with Gasteiger partial charge in [-0.15, -0.1) is 0 Å². The minimum Gasteiger partial charge on any atom is -0.389 e. The SMILES string of the molecule is O=c1[nH]c(CNCC2(O)CCCC2)cs1. The summed E-state index contributed by atoms with van der Waals surface area (Å²) in [7, 11) is 0. The number of aromatic nitrogens is 1. The van der Waals surface area contributed by atoms with E-state index < -0.39 is 5.60 Å². The van der Waals surface area contributed by atoms with Gasteiger partial charge in [-0.2, -0.15) is 0 Å². The summed E-state index contributed by atoms with van der Waals surface area (Å²) in [6.45, 7) is 1.24. The number of thiazole rings is 1.